The number of piperazine rings is 1. The van der Waals surface area contributed by atoms with Gasteiger partial charge in [0.25, 0.3) is 0 Å². The fourth-order valence-electron chi connectivity index (χ4n) is 2.50. The fraction of sp³-hybridized carbons (Fsp3) is 0.571. The van der Waals surface area contributed by atoms with E-state index < -0.39 is 0 Å². The van der Waals surface area contributed by atoms with Crippen LogP contribution in [0.5, 0.6) is 0 Å². The van der Waals surface area contributed by atoms with E-state index in [-0.39, 0.29) is 0 Å². The van der Waals surface area contributed by atoms with Gasteiger partial charge in [0.1, 0.15) is 27.6 Å². The number of anilines is 2. The zero-order valence-corrected chi connectivity index (χ0v) is 12.7. The summed E-state index contributed by atoms with van der Waals surface area (Å²) in [5.41, 5.74) is 6.65. The van der Waals surface area contributed by atoms with E-state index in [1.54, 1.807) is 0 Å². The summed E-state index contributed by atoms with van der Waals surface area (Å²) in [6.45, 7) is 9.29. The lowest BCUT2D eigenvalue weighted by atomic mass is 10.2. The van der Waals surface area contributed by atoms with Gasteiger partial charge in [-0.15, -0.1) is 11.3 Å². The van der Waals surface area contributed by atoms with Gasteiger partial charge in [-0.2, -0.15) is 10.5 Å². The molecule has 0 unspecified atom stereocenters. The molecule has 0 atom stereocenters. The van der Waals surface area contributed by atoms with Gasteiger partial charge < -0.3 is 10.6 Å². The van der Waals surface area contributed by atoms with Crippen molar-refractivity contribution < 1.29 is 0 Å². The molecule has 5 nitrogen and oxygen atoms in total. The average Bonchev–Trinajstić information content (AvgIpc) is 2.75. The van der Waals surface area contributed by atoms with E-state index in [1.807, 2.05) is 0 Å². The van der Waals surface area contributed by atoms with E-state index >= 15 is 0 Å². The highest BCUT2D eigenvalue weighted by atomic mass is 32.1. The van der Waals surface area contributed by atoms with E-state index in [0.29, 0.717) is 22.0 Å². The molecule has 0 aliphatic carbocycles. The lowest BCUT2D eigenvalue weighted by molar-refractivity contribution is 0.231. The number of rotatable bonds is 3. The van der Waals surface area contributed by atoms with E-state index in [0.717, 1.165) is 37.7 Å². The number of thiophene rings is 1. The Kier molecular flexibility index (Phi) is 4.49. The number of nitrogen functional groups attached to an aromatic ring is 1. The fourth-order valence-corrected chi connectivity index (χ4v) is 3.52. The molecular formula is C14H19N5S. The largest absolute Gasteiger partial charge is 0.396 e. The van der Waals surface area contributed by atoms with Crippen LogP contribution in [0.4, 0.5) is 10.7 Å². The molecule has 1 aromatic heterocycles. The van der Waals surface area contributed by atoms with E-state index in [1.165, 1.54) is 11.3 Å². The molecule has 2 rings (SSSR count). The van der Waals surface area contributed by atoms with Crippen molar-refractivity contribution in [3.63, 3.8) is 0 Å². The van der Waals surface area contributed by atoms with E-state index in [4.69, 9.17) is 11.0 Å². The molecule has 0 saturated carbocycles. The molecule has 1 aliphatic heterocycles. The first kappa shape index (κ1) is 14.6. The van der Waals surface area contributed by atoms with Crippen molar-refractivity contribution in [2.75, 3.05) is 43.4 Å². The molecule has 0 radical (unpaired) electrons. The Labute approximate surface area is 123 Å². The zero-order chi connectivity index (χ0) is 14.7. The van der Waals surface area contributed by atoms with Crippen LogP contribution in [-0.4, -0.2) is 37.6 Å². The number of nitrogens with two attached hydrogens (primary N) is 1. The summed E-state index contributed by atoms with van der Waals surface area (Å²) in [4.78, 5) is 5.06. The second-order valence-electron chi connectivity index (χ2n) is 5.43. The standard InChI is InChI=1S/C14H19N5S/c1-10(2)9-18-3-5-19(6-4-18)14-11(7-15)13(17)12(8-16)20-14/h10H,3-6,9,17H2,1-2H3. The second-order valence-corrected chi connectivity index (χ2v) is 6.43. The van der Waals surface area contributed by atoms with Crippen molar-refractivity contribution >= 4 is 22.0 Å². The van der Waals surface area contributed by atoms with Crippen molar-refractivity contribution in [1.82, 2.24) is 4.90 Å². The normalized spacial score (nSPS) is 16.1. The third kappa shape index (κ3) is 2.87. The molecule has 0 spiro atoms. The van der Waals surface area contributed by atoms with Gasteiger partial charge in [-0.1, -0.05) is 13.8 Å². The Balaban J connectivity index is 2.12. The Hall–Kier alpha value is -1.76. The van der Waals surface area contributed by atoms with Crippen LogP contribution >= 0.6 is 11.3 Å². The Morgan fingerprint density at radius 1 is 1.20 bits per heavy atom. The third-order valence-corrected chi connectivity index (χ3v) is 4.59. The van der Waals surface area contributed by atoms with Gasteiger partial charge in [-0.25, -0.2) is 0 Å². The Morgan fingerprint density at radius 2 is 1.85 bits per heavy atom. The van der Waals surface area contributed by atoms with Crippen molar-refractivity contribution in [2.45, 2.75) is 13.8 Å². The molecule has 0 amide bonds. The van der Waals surface area contributed by atoms with E-state index in [2.05, 4.69) is 35.8 Å². The first-order chi connectivity index (χ1) is 9.56. The third-order valence-electron chi connectivity index (χ3n) is 3.42. The lowest BCUT2D eigenvalue weighted by Crippen LogP contribution is -2.47. The summed E-state index contributed by atoms with van der Waals surface area (Å²) in [5.74, 6) is 0.666. The molecule has 20 heavy (non-hydrogen) atoms. The maximum atomic E-state index is 9.24. The minimum absolute atomic E-state index is 0.333. The van der Waals surface area contributed by atoms with Crippen LogP contribution in [0, 0.1) is 28.6 Å². The molecular weight excluding hydrogens is 270 g/mol. The lowest BCUT2D eigenvalue weighted by Gasteiger charge is -2.36. The summed E-state index contributed by atoms with van der Waals surface area (Å²) in [6, 6.07) is 4.21. The molecule has 1 saturated heterocycles. The van der Waals surface area contributed by atoms with Crippen molar-refractivity contribution in [3.05, 3.63) is 10.4 Å². The topological polar surface area (TPSA) is 80.1 Å². The molecule has 1 aromatic rings. The highest BCUT2D eigenvalue weighted by Gasteiger charge is 2.24. The first-order valence-corrected chi connectivity index (χ1v) is 7.58. The molecule has 0 aromatic carbocycles. The van der Waals surface area contributed by atoms with Crippen LogP contribution in [0.1, 0.15) is 24.3 Å². The maximum Gasteiger partial charge on any atom is 0.131 e. The molecule has 0 bridgehead atoms. The SMILES string of the molecule is CC(C)CN1CCN(c2sc(C#N)c(N)c2C#N)CC1. The quantitative estimate of drug-likeness (QED) is 0.918. The summed E-state index contributed by atoms with van der Waals surface area (Å²) in [7, 11) is 0. The van der Waals surface area contributed by atoms with Crippen molar-refractivity contribution in [3.8, 4) is 12.1 Å². The number of nitriles is 2. The molecule has 2 N–H and O–H groups in total. The zero-order valence-electron chi connectivity index (χ0n) is 11.9. The van der Waals surface area contributed by atoms with E-state index in [9.17, 15) is 5.26 Å². The summed E-state index contributed by atoms with van der Waals surface area (Å²) in [6.07, 6.45) is 0. The van der Waals surface area contributed by atoms with Gasteiger partial charge in [0.2, 0.25) is 0 Å². The smallest absolute Gasteiger partial charge is 0.131 e. The van der Waals surface area contributed by atoms with Crippen LogP contribution in [-0.2, 0) is 0 Å². The second kappa shape index (κ2) is 6.13. The Morgan fingerprint density at radius 3 is 2.35 bits per heavy atom. The summed E-state index contributed by atoms with van der Waals surface area (Å²) < 4.78 is 0. The first-order valence-electron chi connectivity index (χ1n) is 6.76. The molecule has 6 heteroatoms. The summed E-state index contributed by atoms with van der Waals surface area (Å²) in [5, 5.41) is 19.1. The van der Waals surface area contributed by atoms with Gasteiger partial charge in [-0.3, -0.25) is 4.90 Å². The minimum Gasteiger partial charge on any atom is -0.396 e. The predicted molar refractivity (Wildman–Crippen MR) is 81.7 cm³/mol. The Bertz CT molecular complexity index is 555. The number of nitrogens with zero attached hydrogens (tertiary/aromatic N) is 4. The van der Waals surface area contributed by atoms with Crippen molar-refractivity contribution in [2.24, 2.45) is 5.92 Å². The minimum atomic E-state index is 0.333. The van der Waals surface area contributed by atoms with Gasteiger partial charge in [0.05, 0.1) is 5.69 Å². The van der Waals surface area contributed by atoms with Crippen LogP contribution in [0.15, 0.2) is 0 Å². The molecule has 1 aliphatic rings. The molecule has 1 fully saturated rings. The van der Waals surface area contributed by atoms with Crippen LogP contribution < -0.4 is 10.6 Å². The molecule has 106 valence electrons. The number of hydrogen-bond acceptors (Lipinski definition) is 6. The summed E-state index contributed by atoms with van der Waals surface area (Å²) >= 11 is 1.33. The van der Waals surface area contributed by atoms with Gasteiger partial charge in [0, 0.05) is 32.7 Å². The van der Waals surface area contributed by atoms with Crippen molar-refractivity contribution in [1.29, 1.82) is 10.5 Å². The highest BCUT2D eigenvalue weighted by Crippen LogP contribution is 2.37. The average molecular weight is 289 g/mol. The van der Waals surface area contributed by atoms with Gasteiger partial charge >= 0.3 is 0 Å². The highest BCUT2D eigenvalue weighted by molar-refractivity contribution is 7.17. The van der Waals surface area contributed by atoms with Gasteiger partial charge in [-0.05, 0) is 5.92 Å². The monoisotopic (exact) mass is 289 g/mol. The molecule has 2 heterocycles. The van der Waals surface area contributed by atoms with Crippen LogP contribution in [0.25, 0.3) is 0 Å². The maximum absolute atomic E-state index is 9.24. The van der Waals surface area contributed by atoms with Gasteiger partial charge in [0.15, 0.2) is 0 Å². The van der Waals surface area contributed by atoms with Crippen LogP contribution in [0.2, 0.25) is 0 Å². The predicted octanol–water partition coefficient (Wildman–Crippen LogP) is 1.85. The number of hydrogen-bond donors (Lipinski definition) is 1. The van der Waals surface area contributed by atoms with Crippen LogP contribution in [0.3, 0.4) is 0 Å².